The summed E-state index contributed by atoms with van der Waals surface area (Å²) >= 11 is 0. The smallest absolute Gasteiger partial charge is 0.247 e. The van der Waals surface area contributed by atoms with Crippen molar-refractivity contribution in [2.45, 2.75) is 13.8 Å². The van der Waals surface area contributed by atoms with Crippen LogP contribution in [0, 0.1) is 0 Å². The molecule has 0 unspecified atom stereocenters. The highest BCUT2D eigenvalue weighted by Crippen LogP contribution is 2.38. The van der Waals surface area contributed by atoms with Crippen LogP contribution in [0.3, 0.4) is 0 Å². The van der Waals surface area contributed by atoms with Crippen molar-refractivity contribution in [3.8, 4) is 17.1 Å². The quantitative estimate of drug-likeness (QED) is 0.254. The van der Waals surface area contributed by atoms with Gasteiger partial charge < -0.3 is 29.7 Å². The second-order valence-corrected chi connectivity index (χ2v) is 8.63. The Morgan fingerprint density at radius 1 is 1.13 bits per heavy atom. The number of fused-ring (bicyclic) bond motifs is 1. The van der Waals surface area contributed by atoms with Gasteiger partial charge >= 0.3 is 0 Å². The number of para-hydroxylation sites is 1. The van der Waals surface area contributed by atoms with Gasteiger partial charge in [-0.2, -0.15) is 0 Å². The number of nitrogens with one attached hydrogen (secondary N) is 2. The predicted octanol–water partition coefficient (Wildman–Crippen LogP) is 4.94. The largest absolute Gasteiger partial charge is 0.494 e. The van der Waals surface area contributed by atoms with E-state index in [1.807, 2.05) is 43.4 Å². The molecule has 0 bridgehead atoms. The van der Waals surface area contributed by atoms with Gasteiger partial charge in [-0.1, -0.05) is 37.7 Å². The number of hydrogen-bond donors (Lipinski definition) is 2. The molecule has 0 aliphatic heterocycles. The van der Waals surface area contributed by atoms with E-state index in [-0.39, 0.29) is 5.91 Å². The number of methoxy groups -OCH3 is 1. The third-order valence-electron chi connectivity index (χ3n) is 6.34. The number of amides is 1. The molecule has 38 heavy (non-hydrogen) atoms. The molecule has 0 fully saturated rings. The van der Waals surface area contributed by atoms with E-state index in [0.29, 0.717) is 40.0 Å². The number of carbonyl (C=O) groups is 1. The van der Waals surface area contributed by atoms with Crippen LogP contribution >= 0.6 is 0 Å². The summed E-state index contributed by atoms with van der Waals surface area (Å²) in [6.45, 7) is 11.5. The summed E-state index contributed by atoms with van der Waals surface area (Å²) in [4.78, 5) is 25.7. The molecule has 0 radical (unpaired) electrons. The number of benzene rings is 2. The van der Waals surface area contributed by atoms with E-state index in [1.54, 1.807) is 19.4 Å². The summed E-state index contributed by atoms with van der Waals surface area (Å²) in [5.41, 5.74) is 3.94. The molecule has 4 rings (SSSR count). The Hall–Kier alpha value is -4.44. The van der Waals surface area contributed by atoms with E-state index in [4.69, 9.17) is 9.26 Å². The average molecular weight is 516 g/mol. The Labute approximate surface area is 222 Å². The third-order valence-corrected chi connectivity index (χ3v) is 6.34. The van der Waals surface area contributed by atoms with E-state index in [2.05, 4.69) is 56.0 Å². The van der Waals surface area contributed by atoms with Crippen molar-refractivity contribution in [3.63, 3.8) is 0 Å². The molecule has 2 aromatic heterocycles. The lowest BCUT2D eigenvalue weighted by molar-refractivity contribution is -0.111. The number of rotatable bonds is 12. The minimum Gasteiger partial charge on any atom is -0.494 e. The number of likely N-dealkylation sites (N-methyl/N-ethyl adjacent to an activating group) is 2. The fourth-order valence-electron chi connectivity index (χ4n) is 4.13. The van der Waals surface area contributed by atoms with Crippen LogP contribution in [-0.4, -0.2) is 66.3 Å². The van der Waals surface area contributed by atoms with Gasteiger partial charge in [0, 0.05) is 32.4 Å². The molecule has 10 heteroatoms. The summed E-state index contributed by atoms with van der Waals surface area (Å²) in [5.74, 6) is 0.611. The zero-order valence-electron chi connectivity index (χ0n) is 22.2. The normalized spacial score (nSPS) is 11.0. The standard InChI is InChI=1S/C28H33N7O3/c1-6-26(36)30-21-17-22(25(37-5)18-23(21)34(4)15-16-35(7-2)8-3)32-28-29-14-13-20(31-28)27-19-11-9-10-12-24(19)38-33-27/h6,9-14,17-18H,1,7-8,15-16H2,2-5H3,(H,30,36)(H,29,31,32). The molecule has 10 nitrogen and oxygen atoms in total. The average Bonchev–Trinajstić information content (AvgIpc) is 3.38. The molecule has 0 spiro atoms. The summed E-state index contributed by atoms with van der Waals surface area (Å²) < 4.78 is 11.1. The van der Waals surface area contributed by atoms with Gasteiger partial charge in [0.05, 0.1) is 35.3 Å². The minimum absolute atomic E-state index is 0.310. The summed E-state index contributed by atoms with van der Waals surface area (Å²) in [6, 6.07) is 13.1. The van der Waals surface area contributed by atoms with E-state index in [9.17, 15) is 4.79 Å². The molecule has 0 aliphatic carbocycles. The Morgan fingerprint density at radius 2 is 1.92 bits per heavy atom. The number of hydrogen-bond acceptors (Lipinski definition) is 9. The van der Waals surface area contributed by atoms with Crippen molar-refractivity contribution in [1.29, 1.82) is 0 Å². The Bertz CT molecular complexity index is 1410. The van der Waals surface area contributed by atoms with Crippen molar-refractivity contribution < 1.29 is 14.1 Å². The van der Waals surface area contributed by atoms with Gasteiger partial charge in [0.15, 0.2) is 5.58 Å². The number of aromatic nitrogens is 3. The van der Waals surface area contributed by atoms with Gasteiger partial charge in [-0.05, 0) is 43.4 Å². The monoisotopic (exact) mass is 515 g/mol. The molecule has 0 aliphatic rings. The summed E-state index contributed by atoms with van der Waals surface area (Å²) in [6.07, 6.45) is 2.89. The lowest BCUT2D eigenvalue weighted by atomic mass is 10.1. The number of anilines is 4. The van der Waals surface area contributed by atoms with E-state index in [1.165, 1.54) is 6.08 Å². The molecule has 198 valence electrons. The maximum atomic E-state index is 12.3. The van der Waals surface area contributed by atoms with Crippen LogP contribution < -0.4 is 20.3 Å². The first-order chi connectivity index (χ1) is 18.5. The van der Waals surface area contributed by atoms with E-state index < -0.39 is 0 Å². The Balaban J connectivity index is 1.66. The van der Waals surface area contributed by atoms with Crippen LogP contribution in [0.1, 0.15) is 13.8 Å². The first-order valence-electron chi connectivity index (χ1n) is 12.5. The number of nitrogens with zero attached hydrogens (tertiary/aromatic N) is 5. The first-order valence-corrected chi connectivity index (χ1v) is 12.5. The third kappa shape index (κ3) is 5.92. The molecule has 0 atom stereocenters. The van der Waals surface area contributed by atoms with Crippen molar-refractivity contribution in [1.82, 2.24) is 20.0 Å². The molecule has 0 saturated heterocycles. The molecular weight excluding hydrogens is 482 g/mol. The van der Waals surface area contributed by atoms with E-state index in [0.717, 1.165) is 37.3 Å². The molecular formula is C28H33N7O3. The first kappa shape index (κ1) is 26.6. The highest BCUT2D eigenvalue weighted by atomic mass is 16.5. The molecule has 0 saturated carbocycles. The second-order valence-electron chi connectivity index (χ2n) is 8.63. The topological polar surface area (TPSA) is 109 Å². The van der Waals surface area contributed by atoms with Crippen LogP contribution in [0.15, 0.2) is 65.8 Å². The summed E-state index contributed by atoms with van der Waals surface area (Å²) in [7, 11) is 3.59. The number of carbonyl (C=O) groups excluding carboxylic acids is 1. The molecule has 4 aromatic rings. The zero-order valence-corrected chi connectivity index (χ0v) is 22.2. The molecule has 2 N–H and O–H groups in total. The maximum absolute atomic E-state index is 12.3. The van der Waals surface area contributed by atoms with Gasteiger partial charge in [-0.25, -0.2) is 9.97 Å². The zero-order chi connectivity index (χ0) is 27.1. The van der Waals surface area contributed by atoms with Crippen LogP contribution in [0.2, 0.25) is 0 Å². The van der Waals surface area contributed by atoms with Crippen molar-refractivity contribution >= 4 is 39.9 Å². The van der Waals surface area contributed by atoms with Crippen LogP contribution in [0.4, 0.5) is 23.0 Å². The van der Waals surface area contributed by atoms with Gasteiger partial charge in [0.1, 0.15) is 11.4 Å². The maximum Gasteiger partial charge on any atom is 0.247 e. The predicted molar refractivity (Wildman–Crippen MR) is 151 cm³/mol. The Morgan fingerprint density at radius 3 is 2.66 bits per heavy atom. The van der Waals surface area contributed by atoms with Gasteiger partial charge in [-0.15, -0.1) is 0 Å². The molecule has 1 amide bonds. The van der Waals surface area contributed by atoms with Crippen LogP contribution in [-0.2, 0) is 4.79 Å². The molecule has 2 aromatic carbocycles. The van der Waals surface area contributed by atoms with Gasteiger partial charge in [0.2, 0.25) is 11.9 Å². The fourth-order valence-corrected chi connectivity index (χ4v) is 4.13. The van der Waals surface area contributed by atoms with E-state index >= 15 is 0 Å². The fraction of sp³-hybridized carbons (Fsp3) is 0.286. The van der Waals surface area contributed by atoms with Crippen LogP contribution in [0.25, 0.3) is 22.4 Å². The lowest BCUT2D eigenvalue weighted by Crippen LogP contribution is -2.33. The van der Waals surface area contributed by atoms with Gasteiger partial charge in [-0.3, -0.25) is 4.79 Å². The molecule has 2 heterocycles. The summed E-state index contributed by atoms with van der Waals surface area (Å²) in [5, 5.41) is 11.2. The lowest BCUT2D eigenvalue weighted by Gasteiger charge is -2.27. The van der Waals surface area contributed by atoms with Crippen molar-refractivity contribution in [2.75, 3.05) is 55.9 Å². The number of ether oxygens (including phenoxy) is 1. The minimum atomic E-state index is -0.310. The highest BCUT2D eigenvalue weighted by molar-refractivity contribution is 6.02. The van der Waals surface area contributed by atoms with Crippen LogP contribution in [0.5, 0.6) is 5.75 Å². The second kappa shape index (κ2) is 12.2. The van der Waals surface area contributed by atoms with Gasteiger partial charge in [0.25, 0.3) is 0 Å². The SMILES string of the molecule is C=CC(=O)Nc1cc(Nc2nccc(-c3noc4ccccc34)n2)c(OC)cc1N(C)CCN(CC)CC. The Kier molecular flexibility index (Phi) is 8.55. The highest BCUT2D eigenvalue weighted by Gasteiger charge is 2.18. The van der Waals surface area contributed by atoms with Crippen molar-refractivity contribution in [3.05, 3.63) is 61.3 Å². The van der Waals surface area contributed by atoms with Crippen molar-refractivity contribution in [2.24, 2.45) is 0 Å².